The van der Waals surface area contributed by atoms with Crippen LogP contribution in [0.2, 0.25) is 0 Å². The minimum Gasteiger partial charge on any atom is -0.496 e. The number of rotatable bonds is 9. The summed E-state index contributed by atoms with van der Waals surface area (Å²) in [6.45, 7) is 7.14. The molecule has 3 unspecified atom stereocenters. The van der Waals surface area contributed by atoms with E-state index in [0.29, 0.717) is 5.75 Å². The maximum Gasteiger partial charge on any atom is 0.235 e. The standard InChI is InChI=1S/C16H26N2O5.C2H6/c1-9-4-5-11(15(23-3)10(9)2)6-18-14(16(17)22)12(7-19)13(21)8-20;1-2/h4-5,12-14,18-21H,6-8H2,1-3H3,(H2,17,22);1-2H3. The van der Waals surface area contributed by atoms with Gasteiger partial charge in [0, 0.05) is 18.0 Å². The Kier molecular flexibility index (Phi) is 11.0. The molecular weight excluding hydrogens is 324 g/mol. The Bertz CT molecular complexity index is 536. The summed E-state index contributed by atoms with van der Waals surface area (Å²) < 4.78 is 5.41. The average Bonchev–Trinajstić information content (AvgIpc) is 2.62. The average molecular weight is 356 g/mol. The number of ether oxygens (including phenoxy) is 1. The highest BCUT2D eigenvalue weighted by molar-refractivity contribution is 5.80. The van der Waals surface area contributed by atoms with Crippen molar-refractivity contribution in [3.8, 4) is 5.75 Å². The highest BCUT2D eigenvalue weighted by Crippen LogP contribution is 2.26. The molecule has 6 N–H and O–H groups in total. The van der Waals surface area contributed by atoms with Crippen molar-refractivity contribution in [2.45, 2.75) is 46.4 Å². The number of benzene rings is 1. The Morgan fingerprint density at radius 3 is 2.28 bits per heavy atom. The van der Waals surface area contributed by atoms with Gasteiger partial charge in [-0.3, -0.25) is 4.79 Å². The lowest BCUT2D eigenvalue weighted by Crippen LogP contribution is -2.52. The van der Waals surface area contributed by atoms with Crippen molar-refractivity contribution in [1.82, 2.24) is 5.32 Å². The summed E-state index contributed by atoms with van der Waals surface area (Å²) in [7, 11) is 1.57. The van der Waals surface area contributed by atoms with Gasteiger partial charge in [0.2, 0.25) is 5.91 Å². The molecule has 1 aromatic rings. The van der Waals surface area contributed by atoms with Gasteiger partial charge >= 0.3 is 0 Å². The molecule has 0 heterocycles. The van der Waals surface area contributed by atoms with Gasteiger partial charge in [-0.25, -0.2) is 0 Å². The van der Waals surface area contributed by atoms with Crippen LogP contribution in [-0.4, -0.2) is 53.7 Å². The number of primary amides is 1. The van der Waals surface area contributed by atoms with Crippen LogP contribution in [0.25, 0.3) is 0 Å². The number of amides is 1. The van der Waals surface area contributed by atoms with E-state index in [2.05, 4.69) is 5.32 Å². The number of methoxy groups -OCH3 is 1. The lowest BCUT2D eigenvalue weighted by atomic mass is 9.93. The number of aliphatic hydroxyl groups excluding tert-OH is 3. The lowest BCUT2D eigenvalue weighted by Gasteiger charge is -2.27. The van der Waals surface area contributed by atoms with E-state index < -0.39 is 37.2 Å². The van der Waals surface area contributed by atoms with Crippen molar-refractivity contribution in [2.24, 2.45) is 11.7 Å². The number of nitrogens with one attached hydrogen (secondary N) is 1. The summed E-state index contributed by atoms with van der Waals surface area (Å²) in [4.78, 5) is 11.6. The van der Waals surface area contributed by atoms with Crippen LogP contribution in [0.1, 0.15) is 30.5 Å². The van der Waals surface area contributed by atoms with Gasteiger partial charge in [-0.15, -0.1) is 0 Å². The maximum absolute atomic E-state index is 11.6. The smallest absolute Gasteiger partial charge is 0.235 e. The quantitative estimate of drug-likeness (QED) is 0.432. The monoisotopic (exact) mass is 356 g/mol. The highest BCUT2D eigenvalue weighted by Gasteiger charge is 2.31. The van der Waals surface area contributed by atoms with Crippen LogP contribution in [0, 0.1) is 19.8 Å². The van der Waals surface area contributed by atoms with Gasteiger partial charge in [0.1, 0.15) is 5.75 Å². The summed E-state index contributed by atoms with van der Waals surface area (Å²) in [6, 6.07) is 2.84. The van der Waals surface area contributed by atoms with Gasteiger partial charge in [-0.05, 0) is 25.0 Å². The fraction of sp³-hybridized carbons (Fsp3) is 0.611. The third kappa shape index (κ3) is 6.28. The third-order valence-electron chi connectivity index (χ3n) is 4.10. The SMILES string of the molecule is CC.COc1c(CNC(C(N)=O)C(CO)C(O)CO)ccc(C)c1C. The first-order chi connectivity index (χ1) is 11.9. The number of aryl methyl sites for hydroxylation is 1. The minimum atomic E-state index is -1.24. The van der Waals surface area contributed by atoms with Gasteiger partial charge in [-0.2, -0.15) is 0 Å². The molecule has 0 aliphatic heterocycles. The molecule has 0 aromatic heterocycles. The van der Waals surface area contributed by atoms with E-state index in [1.54, 1.807) is 7.11 Å². The zero-order chi connectivity index (χ0) is 19.6. The molecule has 7 heteroatoms. The number of hydrogen-bond donors (Lipinski definition) is 5. The fourth-order valence-corrected chi connectivity index (χ4v) is 2.54. The van der Waals surface area contributed by atoms with E-state index in [9.17, 15) is 15.0 Å². The van der Waals surface area contributed by atoms with Crippen molar-refractivity contribution in [3.63, 3.8) is 0 Å². The molecule has 0 fully saturated rings. The van der Waals surface area contributed by atoms with E-state index >= 15 is 0 Å². The topological polar surface area (TPSA) is 125 Å². The zero-order valence-electron chi connectivity index (χ0n) is 15.7. The van der Waals surface area contributed by atoms with Crippen molar-refractivity contribution in [2.75, 3.05) is 20.3 Å². The number of carbonyl (C=O) groups excluding carboxylic acids is 1. The van der Waals surface area contributed by atoms with Crippen LogP contribution in [0.5, 0.6) is 5.75 Å². The predicted octanol–water partition coefficient (Wildman–Crippen LogP) is 0.243. The first-order valence-electron chi connectivity index (χ1n) is 8.42. The lowest BCUT2D eigenvalue weighted by molar-refractivity contribution is -0.124. The van der Waals surface area contributed by atoms with Crippen LogP contribution in [0.4, 0.5) is 0 Å². The molecule has 7 nitrogen and oxygen atoms in total. The molecule has 0 aliphatic carbocycles. The van der Waals surface area contributed by atoms with Crippen LogP contribution in [0.3, 0.4) is 0 Å². The number of nitrogens with two attached hydrogens (primary N) is 1. The van der Waals surface area contributed by atoms with Crippen molar-refractivity contribution in [3.05, 3.63) is 28.8 Å². The van der Waals surface area contributed by atoms with E-state index in [0.717, 1.165) is 16.7 Å². The molecule has 0 aliphatic rings. The molecule has 1 aromatic carbocycles. The molecule has 25 heavy (non-hydrogen) atoms. The van der Waals surface area contributed by atoms with Gasteiger partial charge in [-0.1, -0.05) is 26.0 Å². The molecule has 144 valence electrons. The minimum absolute atomic E-state index is 0.270. The van der Waals surface area contributed by atoms with Crippen LogP contribution in [-0.2, 0) is 11.3 Å². The van der Waals surface area contributed by atoms with Gasteiger partial charge in [0.25, 0.3) is 0 Å². The van der Waals surface area contributed by atoms with E-state index in [1.807, 2.05) is 39.8 Å². The molecule has 1 rings (SSSR count). The summed E-state index contributed by atoms with van der Waals surface area (Å²) in [5.74, 6) is -0.890. The molecule has 1 amide bonds. The Balaban J connectivity index is 0.00000277. The maximum atomic E-state index is 11.6. The molecule has 0 bridgehead atoms. The number of carbonyl (C=O) groups is 1. The Morgan fingerprint density at radius 2 is 1.84 bits per heavy atom. The van der Waals surface area contributed by atoms with E-state index in [-0.39, 0.29) is 6.54 Å². The molecule has 0 radical (unpaired) electrons. The number of aliphatic hydroxyl groups is 3. The molecule has 0 saturated heterocycles. The number of hydrogen-bond acceptors (Lipinski definition) is 6. The van der Waals surface area contributed by atoms with Crippen LogP contribution in [0.15, 0.2) is 12.1 Å². The van der Waals surface area contributed by atoms with Gasteiger partial charge in [0.15, 0.2) is 0 Å². The summed E-state index contributed by atoms with van der Waals surface area (Å²) in [6.07, 6.45) is -1.24. The van der Waals surface area contributed by atoms with Crippen molar-refractivity contribution >= 4 is 5.91 Å². The summed E-state index contributed by atoms with van der Waals surface area (Å²) in [5, 5.41) is 31.1. The van der Waals surface area contributed by atoms with Gasteiger partial charge < -0.3 is 31.1 Å². The molecular formula is C18H32N2O5. The fourth-order valence-electron chi connectivity index (χ4n) is 2.54. The van der Waals surface area contributed by atoms with E-state index in [1.165, 1.54) is 0 Å². The molecule has 0 saturated carbocycles. The largest absolute Gasteiger partial charge is 0.496 e. The Labute approximate surface area is 149 Å². The first-order valence-corrected chi connectivity index (χ1v) is 8.42. The van der Waals surface area contributed by atoms with Crippen LogP contribution < -0.4 is 15.8 Å². The molecule has 3 atom stereocenters. The summed E-state index contributed by atoms with van der Waals surface area (Å²) in [5.41, 5.74) is 8.27. The van der Waals surface area contributed by atoms with E-state index in [4.69, 9.17) is 15.6 Å². The predicted molar refractivity (Wildman–Crippen MR) is 97.3 cm³/mol. The second-order valence-electron chi connectivity index (χ2n) is 5.56. The Morgan fingerprint density at radius 1 is 1.24 bits per heavy atom. The first kappa shape index (κ1) is 23.3. The van der Waals surface area contributed by atoms with Gasteiger partial charge in [0.05, 0.1) is 32.5 Å². The zero-order valence-corrected chi connectivity index (χ0v) is 15.7. The normalized spacial score (nSPS) is 14.1. The van der Waals surface area contributed by atoms with Crippen molar-refractivity contribution < 1.29 is 24.9 Å². The van der Waals surface area contributed by atoms with Crippen LogP contribution >= 0.6 is 0 Å². The second-order valence-corrected chi connectivity index (χ2v) is 5.56. The Hall–Kier alpha value is -1.67. The summed E-state index contributed by atoms with van der Waals surface area (Å²) >= 11 is 0. The molecule has 0 spiro atoms. The second kappa shape index (κ2) is 11.8. The third-order valence-corrected chi connectivity index (χ3v) is 4.10. The highest BCUT2D eigenvalue weighted by atomic mass is 16.5. The van der Waals surface area contributed by atoms with Crippen molar-refractivity contribution in [1.29, 1.82) is 0 Å².